The van der Waals surface area contributed by atoms with Gasteiger partial charge in [0, 0.05) is 18.7 Å². The molecular formula is C23H28N2O6S. The van der Waals surface area contributed by atoms with Crippen LogP contribution in [0.25, 0.3) is 0 Å². The number of aliphatic hydroxyl groups is 1. The van der Waals surface area contributed by atoms with E-state index in [1.54, 1.807) is 25.1 Å². The number of anilines is 1. The fourth-order valence-electron chi connectivity index (χ4n) is 3.64. The molecule has 2 aromatic carbocycles. The first-order chi connectivity index (χ1) is 15.1. The van der Waals surface area contributed by atoms with Gasteiger partial charge in [0.2, 0.25) is 10.0 Å². The Balaban J connectivity index is 1.69. The molecule has 2 N–H and O–H groups in total. The van der Waals surface area contributed by atoms with Crippen LogP contribution in [0.3, 0.4) is 0 Å². The Kier molecular flexibility index (Phi) is 7.33. The molecule has 1 heterocycles. The minimum Gasteiger partial charge on any atom is -0.454 e. The standard InChI is InChI=1S/C23H28N2O6S/c1-4-17-7-5-6-8-20(17)24-22(27)14-31-23(28)21-12-18(26)13-25(21)32(29,30)19-10-9-15(2)16(3)11-19/h5-11,18,21,26H,4,12-14H2,1-3H3,(H,24,27)/t18?,21-/m0/s1. The number of rotatable bonds is 7. The quantitative estimate of drug-likeness (QED) is 0.613. The summed E-state index contributed by atoms with van der Waals surface area (Å²) in [6.07, 6.45) is -0.371. The number of nitrogens with one attached hydrogen (secondary N) is 1. The molecule has 1 unspecified atom stereocenters. The maximum atomic E-state index is 13.1. The second kappa shape index (κ2) is 9.81. The maximum absolute atomic E-state index is 13.1. The van der Waals surface area contributed by atoms with E-state index in [-0.39, 0.29) is 17.9 Å². The minimum atomic E-state index is -4.03. The monoisotopic (exact) mass is 460 g/mol. The van der Waals surface area contributed by atoms with Crippen LogP contribution in [-0.4, -0.2) is 55.0 Å². The van der Waals surface area contributed by atoms with Gasteiger partial charge in [-0.05, 0) is 55.2 Å². The zero-order valence-electron chi connectivity index (χ0n) is 18.4. The van der Waals surface area contributed by atoms with Crippen molar-refractivity contribution in [3.05, 3.63) is 59.2 Å². The fraction of sp³-hybridized carbons (Fsp3) is 0.391. The van der Waals surface area contributed by atoms with E-state index in [2.05, 4.69) is 5.32 Å². The highest BCUT2D eigenvalue weighted by molar-refractivity contribution is 7.89. The van der Waals surface area contributed by atoms with E-state index >= 15 is 0 Å². The van der Waals surface area contributed by atoms with E-state index in [0.717, 1.165) is 27.4 Å². The topological polar surface area (TPSA) is 113 Å². The number of aryl methyl sites for hydroxylation is 3. The third kappa shape index (κ3) is 5.17. The molecule has 1 saturated heterocycles. The zero-order chi connectivity index (χ0) is 23.5. The van der Waals surface area contributed by atoms with E-state index in [1.165, 1.54) is 12.1 Å². The Morgan fingerprint density at radius 1 is 1.16 bits per heavy atom. The van der Waals surface area contributed by atoms with E-state index in [4.69, 9.17) is 4.74 Å². The van der Waals surface area contributed by atoms with Gasteiger partial charge in [0.25, 0.3) is 5.91 Å². The van der Waals surface area contributed by atoms with Crippen molar-refractivity contribution in [1.82, 2.24) is 4.31 Å². The van der Waals surface area contributed by atoms with Crippen LogP contribution >= 0.6 is 0 Å². The largest absolute Gasteiger partial charge is 0.454 e. The van der Waals surface area contributed by atoms with Crippen LogP contribution < -0.4 is 5.32 Å². The number of nitrogens with zero attached hydrogens (tertiary/aromatic N) is 1. The number of carbonyl (C=O) groups excluding carboxylic acids is 2. The molecule has 0 aromatic heterocycles. The smallest absolute Gasteiger partial charge is 0.325 e. The molecule has 0 spiro atoms. The van der Waals surface area contributed by atoms with Gasteiger partial charge in [-0.15, -0.1) is 0 Å². The third-order valence-corrected chi connectivity index (χ3v) is 7.48. The fourth-order valence-corrected chi connectivity index (χ4v) is 5.36. The molecule has 32 heavy (non-hydrogen) atoms. The van der Waals surface area contributed by atoms with Crippen molar-refractivity contribution in [3.63, 3.8) is 0 Å². The SMILES string of the molecule is CCc1ccccc1NC(=O)COC(=O)[C@@H]1CC(O)CN1S(=O)(=O)c1ccc(C)c(C)c1. The number of sulfonamides is 1. The molecule has 3 rings (SSSR count). The normalized spacial score (nSPS) is 19.0. The molecule has 1 amide bonds. The Morgan fingerprint density at radius 2 is 1.88 bits per heavy atom. The molecule has 1 aliphatic heterocycles. The Labute approximate surface area is 188 Å². The molecule has 9 heteroatoms. The molecule has 0 aliphatic carbocycles. The predicted octanol–water partition coefficient (Wildman–Crippen LogP) is 2.17. The number of hydrogen-bond donors (Lipinski definition) is 2. The first-order valence-corrected chi connectivity index (χ1v) is 11.9. The highest BCUT2D eigenvalue weighted by Crippen LogP contribution is 2.28. The Bertz CT molecular complexity index is 1120. The highest BCUT2D eigenvalue weighted by atomic mass is 32.2. The molecular weight excluding hydrogens is 432 g/mol. The van der Waals surface area contributed by atoms with Gasteiger partial charge in [-0.25, -0.2) is 8.42 Å². The van der Waals surface area contributed by atoms with Gasteiger partial charge >= 0.3 is 5.97 Å². The van der Waals surface area contributed by atoms with Crippen LogP contribution in [0.5, 0.6) is 0 Å². The van der Waals surface area contributed by atoms with Gasteiger partial charge in [-0.3, -0.25) is 9.59 Å². The number of hydrogen-bond acceptors (Lipinski definition) is 6. The van der Waals surface area contributed by atoms with Crippen molar-refractivity contribution in [3.8, 4) is 0 Å². The van der Waals surface area contributed by atoms with Crippen LogP contribution in [0.1, 0.15) is 30.0 Å². The first kappa shape index (κ1) is 23.9. The lowest BCUT2D eigenvalue weighted by atomic mass is 10.1. The predicted molar refractivity (Wildman–Crippen MR) is 120 cm³/mol. The lowest BCUT2D eigenvalue weighted by Crippen LogP contribution is -2.42. The lowest BCUT2D eigenvalue weighted by molar-refractivity contribution is -0.150. The summed E-state index contributed by atoms with van der Waals surface area (Å²) in [5, 5.41) is 12.8. The summed E-state index contributed by atoms with van der Waals surface area (Å²) in [6.45, 7) is 4.86. The zero-order valence-corrected chi connectivity index (χ0v) is 19.2. The summed E-state index contributed by atoms with van der Waals surface area (Å²) < 4.78 is 32.3. The molecule has 1 fully saturated rings. The van der Waals surface area contributed by atoms with Gasteiger partial charge in [0.05, 0.1) is 11.0 Å². The molecule has 8 nitrogen and oxygen atoms in total. The van der Waals surface area contributed by atoms with Gasteiger partial charge in [-0.1, -0.05) is 31.2 Å². The molecule has 172 valence electrons. The van der Waals surface area contributed by atoms with Gasteiger partial charge in [-0.2, -0.15) is 4.31 Å². The highest BCUT2D eigenvalue weighted by Gasteiger charge is 2.44. The van der Waals surface area contributed by atoms with Crippen LogP contribution in [0.4, 0.5) is 5.69 Å². The summed E-state index contributed by atoms with van der Waals surface area (Å²) >= 11 is 0. The molecule has 1 aliphatic rings. The number of ether oxygens (including phenoxy) is 1. The Morgan fingerprint density at radius 3 is 2.56 bits per heavy atom. The second-order valence-corrected chi connectivity index (χ2v) is 9.78. The number of esters is 1. The van der Waals surface area contributed by atoms with E-state index in [9.17, 15) is 23.1 Å². The van der Waals surface area contributed by atoms with Crippen molar-refractivity contribution in [2.45, 2.75) is 50.7 Å². The molecule has 0 bridgehead atoms. The van der Waals surface area contributed by atoms with Crippen molar-refractivity contribution in [1.29, 1.82) is 0 Å². The van der Waals surface area contributed by atoms with E-state index in [0.29, 0.717) is 5.69 Å². The number of β-amino-alcohol motifs (C(OH)–C–C–N with tert-alkyl or cyclic N) is 1. The van der Waals surface area contributed by atoms with Gasteiger partial charge in [0.15, 0.2) is 6.61 Å². The number of para-hydroxylation sites is 1. The molecule has 2 atom stereocenters. The van der Waals surface area contributed by atoms with Crippen LogP contribution in [-0.2, 0) is 30.8 Å². The van der Waals surface area contributed by atoms with Crippen molar-refractivity contribution in [2.75, 3.05) is 18.5 Å². The Hall–Kier alpha value is -2.75. The van der Waals surface area contributed by atoms with E-state index < -0.39 is 40.7 Å². The first-order valence-electron chi connectivity index (χ1n) is 10.4. The summed E-state index contributed by atoms with van der Waals surface area (Å²) in [7, 11) is -4.03. The van der Waals surface area contributed by atoms with Crippen molar-refractivity contribution >= 4 is 27.6 Å². The second-order valence-electron chi connectivity index (χ2n) is 7.89. The molecule has 2 aromatic rings. The van der Waals surface area contributed by atoms with Crippen LogP contribution in [0, 0.1) is 13.8 Å². The summed E-state index contributed by atoms with van der Waals surface area (Å²) in [5.41, 5.74) is 3.31. The molecule has 0 radical (unpaired) electrons. The lowest BCUT2D eigenvalue weighted by Gasteiger charge is -2.22. The summed E-state index contributed by atoms with van der Waals surface area (Å²) in [6, 6.07) is 10.8. The van der Waals surface area contributed by atoms with E-state index in [1.807, 2.05) is 26.0 Å². The van der Waals surface area contributed by atoms with Gasteiger partial charge in [0.1, 0.15) is 6.04 Å². The van der Waals surface area contributed by atoms with Gasteiger partial charge < -0.3 is 15.2 Å². The summed E-state index contributed by atoms with van der Waals surface area (Å²) in [4.78, 5) is 25.0. The number of carbonyl (C=O) groups is 2. The number of aliphatic hydroxyl groups excluding tert-OH is 1. The third-order valence-electron chi connectivity index (χ3n) is 5.61. The average molecular weight is 461 g/mol. The average Bonchev–Trinajstić information content (AvgIpc) is 3.17. The number of amides is 1. The maximum Gasteiger partial charge on any atom is 0.325 e. The van der Waals surface area contributed by atoms with Crippen LogP contribution in [0.2, 0.25) is 0 Å². The number of benzene rings is 2. The van der Waals surface area contributed by atoms with Crippen molar-refractivity contribution in [2.24, 2.45) is 0 Å². The van der Waals surface area contributed by atoms with Crippen LogP contribution in [0.15, 0.2) is 47.4 Å². The molecule has 0 saturated carbocycles. The minimum absolute atomic E-state index is 0.0430. The summed E-state index contributed by atoms with van der Waals surface area (Å²) in [5.74, 6) is -1.39. The van der Waals surface area contributed by atoms with Crippen molar-refractivity contribution < 1.29 is 27.9 Å².